The van der Waals surface area contributed by atoms with Crippen LogP contribution in [0.3, 0.4) is 0 Å². The maximum absolute atomic E-state index is 8.79. The Morgan fingerprint density at radius 2 is 2.31 bits per heavy atom. The highest BCUT2D eigenvalue weighted by Crippen LogP contribution is 2.32. The maximum Gasteiger partial charge on any atom is 0.0843 e. The van der Waals surface area contributed by atoms with Crippen molar-refractivity contribution < 1.29 is 5.11 Å². The van der Waals surface area contributed by atoms with Gasteiger partial charge in [-0.25, -0.2) is 0 Å². The van der Waals surface area contributed by atoms with Gasteiger partial charge in [-0.15, -0.1) is 11.3 Å². The van der Waals surface area contributed by atoms with Gasteiger partial charge in [-0.05, 0) is 44.8 Å². The molecule has 5 heteroatoms. The summed E-state index contributed by atoms with van der Waals surface area (Å²) in [6.45, 7) is 2.93. The van der Waals surface area contributed by atoms with Gasteiger partial charge < -0.3 is 10.4 Å². The number of hydrogen-bond acceptors (Lipinski definition) is 3. The molecular weight excluding hydrogens is 318 g/mol. The number of aliphatic hydroxyl groups excluding tert-OH is 1. The normalized spacial score (nSPS) is 13.2. The number of aliphatic hydroxyl groups is 1. The van der Waals surface area contributed by atoms with Crippen molar-refractivity contribution in [2.45, 2.75) is 19.5 Å². The van der Waals surface area contributed by atoms with E-state index in [9.17, 15) is 0 Å². The molecular formula is C8H11Br2NOS. The molecule has 0 aliphatic rings. The highest BCUT2D eigenvalue weighted by molar-refractivity contribution is 9.13. The van der Waals surface area contributed by atoms with E-state index in [2.05, 4.69) is 43.2 Å². The average molecular weight is 329 g/mol. The number of rotatable bonds is 4. The van der Waals surface area contributed by atoms with Crippen molar-refractivity contribution in [3.8, 4) is 0 Å². The van der Waals surface area contributed by atoms with Gasteiger partial charge in [0.25, 0.3) is 0 Å². The van der Waals surface area contributed by atoms with Gasteiger partial charge in [0.15, 0.2) is 0 Å². The molecule has 2 nitrogen and oxygen atoms in total. The molecule has 1 unspecified atom stereocenters. The summed E-state index contributed by atoms with van der Waals surface area (Å²) in [6, 6.07) is 2.23. The van der Waals surface area contributed by atoms with E-state index in [1.54, 1.807) is 11.3 Å². The van der Waals surface area contributed by atoms with Gasteiger partial charge in [0.2, 0.25) is 0 Å². The average Bonchev–Trinajstić information content (AvgIpc) is 2.42. The van der Waals surface area contributed by atoms with Crippen LogP contribution in [0.1, 0.15) is 11.8 Å². The third kappa shape index (κ3) is 3.67. The van der Waals surface area contributed by atoms with Crippen molar-refractivity contribution in [2.24, 2.45) is 0 Å². The van der Waals surface area contributed by atoms with E-state index in [-0.39, 0.29) is 12.6 Å². The molecule has 2 N–H and O–H groups in total. The molecule has 1 heterocycles. The molecule has 1 rings (SSSR count). The van der Waals surface area contributed by atoms with Gasteiger partial charge in [0, 0.05) is 21.9 Å². The lowest BCUT2D eigenvalue weighted by Crippen LogP contribution is -2.28. The van der Waals surface area contributed by atoms with E-state index in [1.807, 2.05) is 6.92 Å². The second kappa shape index (κ2) is 5.46. The van der Waals surface area contributed by atoms with Gasteiger partial charge >= 0.3 is 0 Å². The lowest BCUT2D eigenvalue weighted by molar-refractivity contribution is 0.251. The van der Waals surface area contributed by atoms with Crippen molar-refractivity contribution in [3.05, 3.63) is 19.2 Å². The van der Waals surface area contributed by atoms with E-state index in [1.165, 1.54) is 4.88 Å². The standard InChI is InChI=1S/C8H11Br2NOS/c1-5(4-12)11-3-6-2-7(9)8(10)13-6/h2,5,11-12H,3-4H2,1H3. The Morgan fingerprint density at radius 3 is 2.77 bits per heavy atom. The summed E-state index contributed by atoms with van der Waals surface area (Å²) in [4.78, 5) is 1.25. The molecule has 1 atom stereocenters. The zero-order valence-corrected chi connectivity index (χ0v) is 11.2. The molecule has 0 radical (unpaired) electrons. The zero-order chi connectivity index (χ0) is 9.84. The van der Waals surface area contributed by atoms with Crippen molar-refractivity contribution in [1.29, 1.82) is 0 Å². The van der Waals surface area contributed by atoms with Crippen molar-refractivity contribution in [2.75, 3.05) is 6.61 Å². The summed E-state index contributed by atoms with van der Waals surface area (Å²) < 4.78 is 2.20. The number of halogens is 2. The summed E-state index contributed by atoms with van der Waals surface area (Å²) in [6.07, 6.45) is 0. The second-order valence-electron chi connectivity index (χ2n) is 2.80. The predicted molar refractivity (Wildman–Crippen MR) is 63.1 cm³/mol. The van der Waals surface area contributed by atoms with Gasteiger partial charge in [-0.2, -0.15) is 0 Å². The van der Waals surface area contributed by atoms with Crippen molar-refractivity contribution >= 4 is 43.2 Å². The monoisotopic (exact) mass is 327 g/mol. The molecule has 0 aliphatic heterocycles. The summed E-state index contributed by atoms with van der Waals surface area (Å²) in [5.74, 6) is 0. The quantitative estimate of drug-likeness (QED) is 0.890. The van der Waals surface area contributed by atoms with Gasteiger partial charge in [-0.3, -0.25) is 0 Å². The van der Waals surface area contributed by atoms with Crippen LogP contribution in [0.25, 0.3) is 0 Å². The topological polar surface area (TPSA) is 32.3 Å². The molecule has 74 valence electrons. The number of hydrogen-bond donors (Lipinski definition) is 2. The molecule has 0 spiro atoms. The minimum atomic E-state index is 0.152. The first-order chi connectivity index (χ1) is 6.13. The van der Waals surface area contributed by atoms with Crippen LogP contribution in [0.4, 0.5) is 0 Å². The largest absolute Gasteiger partial charge is 0.395 e. The van der Waals surface area contributed by atoms with Crippen molar-refractivity contribution in [1.82, 2.24) is 5.32 Å². The van der Waals surface area contributed by atoms with Crippen LogP contribution in [0.2, 0.25) is 0 Å². The molecule has 0 saturated carbocycles. The molecule has 1 aromatic heterocycles. The predicted octanol–water partition coefficient (Wildman–Crippen LogP) is 2.74. The van der Waals surface area contributed by atoms with Crippen LogP contribution >= 0.6 is 43.2 Å². The van der Waals surface area contributed by atoms with Crippen LogP contribution in [0, 0.1) is 0 Å². The maximum atomic E-state index is 8.79. The molecule has 1 aromatic rings. The zero-order valence-electron chi connectivity index (χ0n) is 7.18. The fraction of sp³-hybridized carbons (Fsp3) is 0.500. The van der Waals surface area contributed by atoms with E-state index in [0.717, 1.165) is 14.8 Å². The smallest absolute Gasteiger partial charge is 0.0843 e. The van der Waals surface area contributed by atoms with E-state index >= 15 is 0 Å². The number of nitrogens with one attached hydrogen (secondary N) is 1. The second-order valence-corrected chi connectivity index (χ2v) is 6.11. The minimum absolute atomic E-state index is 0.152. The van der Waals surface area contributed by atoms with Gasteiger partial charge in [0.05, 0.1) is 10.4 Å². The highest BCUT2D eigenvalue weighted by atomic mass is 79.9. The molecule has 0 amide bonds. The Morgan fingerprint density at radius 1 is 1.62 bits per heavy atom. The van der Waals surface area contributed by atoms with E-state index < -0.39 is 0 Å². The molecule has 0 fully saturated rings. The molecule has 0 saturated heterocycles. The lowest BCUT2D eigenvalue weighted by Gasteiger charge is -2.08. The fourth-order valence-corrected chi connectivity index (χ4v) is 2.95. The Kier molecular flexibility index (Phi) is 4.89. The molecule has 0 aliphatic carbocycles. The van der Waals surface area contributed by atoms with Crippen molar-refractivity contribution in [3.63, 3.8) is 0 Å². The molecule has 13 heavy (non-hydrogen) atoms. The summed E-state index contributed by atoms with van der Waals surface area (Å²) in [5, 5.41) is 12.0. The molecule has 0 bridgehead atoms. The Labute approximate surface area is 98.6 Å². The Hall–Kier alpha value is 0.580. The van der Waals surface area contributed by atoms with Gasteiger partial charge in [0.1, 0.15) is 0 Å². The first kappa shape index (κ1) is 11.7. The third-order valence-electron chi connectivity index (χ3n) is 1.59. The van der Waals surface area contributed by atoms with Crippen LogP contribution in [-0.2, 0) is 6.54 Å². The third-order valence-corrected chi connectivity index (χ3v) is 4.85. The minimum Gasteiger partial charge on any atom is -0.395 e. The summed E-state index contributed by atoms with van der Waals surface area (Å²) >= 11 is 8.55. The SMILES string of the molecule is CC(CO)NCc1cc(Br)c(Br)s1. The van der Waals surface area contributed by atoms with E-state index in [4.69, 9.17) is 5.11 Å². The first-order valence-corrected chi connectivity index (χ1v) is 6.31. The summed E-state index contributed by atoms with van der Waals surface area (Å²) in [5.41, 5.74) is 0. The lowest BCUT2D eigenvalue weighted by atomic mass is 10.3. The first-order valence-electron chi connectivity index (χ1n) is 3.91. The van der Waals surface area contributed by atoms with Gasteiger partial charge in [-0.1, -0.05) is 0 Å². The van der Waals surface area contributed by atoms with Crippen LogP contribution in [-0.4, -0.2) is 17.8 Å². The Balaban J connectivity index is 2.45. The number of thiophene rings is 1. The fourth-order valence-electron chi connectivity index (χ4n) is 0.818. The Bertz CT molecular complexity index is 258. The molecule has 0 aromatic carbocycles. The van der Waals surface area contributed by atoms with Crippen LogP contribution in [0.5, 0.6) is 0 Å². The van der Waals surface area contributed by atoms with Crippen LogP contribution in [0.15, 0.2) is 14.3 Å². The van der Waals surface area contributed by atoms with Crippen LogP contribution < -0.4 is 5.32 Å². The highest BCUT2D eigenvalue weighted by Gasteiger charge is 2.05. The summed E-state index contributed by atoms with van der Waals surface area (Å²) in [7, 11) is 0. The van der Waals surface area contributed by atoms with E-state index in [0.29, 0.717) is 0 Å².